The molecule has 2 aromatic carbocycles. The van der Waals surface area contributed by atoms with Gasteiger partial charge in [-0.2, -0.15) is 0 Å². The first-order valence-electron chi connectivity index (χ1n) is 7.49. The summed E-state index contributed by atoms with van der Waals surface area (Å²) in [6.45, 7) is 0.242. The largest absolute Gasteiger partial charge is 0.497 e. The zero-order chi connectivity index (χ0) is 17.4. The van der Waals surface area contributed by atoms with Crippen molar-refractivity contribution in [3.63, 3.8) is 0 Å². The van der Waals surface area contributed by atoms with Crippen LogP contribution < -0.4 is 20.1 Å². The number of nitrogens with one attached hydrogen (secondary N) is 2. The van der Waals surface area contributed by atoms with E-state index in [1.165, 1.54) is 7.11 Å². The van der Waals surface area contributed by atoms with Gasteiger partial charge in [-0.25, -0.2) is 0 Å². The molecule has 0 radical (unpaired) electrons. The van der Waals surface area contributed by atoms with Gasteiger partial charge in [-0.05, 0) is 24.3 Å². The molecule has 0 heterocycles. The third-order valence-corrected chi connectivity index (χ3v) is 3.35. The standard InChI is InChI=1S/C18H20N2O4/c1-23-14-8-9-16(24-2)15(12-14)20-17(21)10-11-19-18(22)13-6-4-3-5-7-13/h3-9,12H,10-11H2,1-2H3,(H,19,22)(H,20,21). The maximum atomic E-state index is 12.0. The van der Waals surface area contributed by atoms with Gasteiger partial charge in [0.15, 0.2) is 0 Å². The van der Waals surface area contributed by atoms with Crippen LogP contribution in [0.25, 0.3) is 0 Å². The average Bonchev–Trinajstić information content (AvgIpc) is 2.62. The van der Waals surface area contributed by atoms with Gasteiger partial charge in [-0.3, -0.25) is 9.59 Å². The van der Waals surface area contributed by atoms with Gasteiger partial charge in [0.2, 0.25) is 5.91 Å². The smallest absolute Gasteiger partial charge is 0.251 e. The van der Waals surface area contributed by atoms with Gasteiger partial charge in [-0.1, -0.05) is 18.2 Å². The van der Waals surface area contributed by atoms with Crippen molar-refractivity contribution in [3.8, 4) is 11.5 Å². The SMILES string of the molecule is COc1ccc(OC)c(NC(=O)CCNC(=O)c2ccccc2)c1. The molecule has 0 spiro atoms. The summed E-state index contributed by atoms with van der Waals surface area (Å²) in [5.74, 6) is 0.721. The van der Waals surface area contributed by atoms with Crippen molar-refractivity contribution >= 4 is 17.5 Å². The molecule has 126 valence electrons. The molecule has 2 N–H and O–H groups in total. The van der Waals surface area contributed by atoms with Crippen LogP contribution in [0.2, 0.25) is 0 Å². The second kappa shape index (κ2) is 8.57. The van der Waals surface area contributed by atoms with Gasteiger partial charge in [0.05, 0.1) is 19.9 Å². The van der Waals surface area contributed by atoms with Crippen molar-refractivity contribution < 1.29 is 19.1 Å². The number of methoxy groups -OCH3 is 2. The molecule has 0 aliphatic rings. The minimum absolute atomic E-state index is 0.152. The number of rotatable bonds is 7. The van der Waals surface area contributed by atoms with Crippen molar-refractivity contribution in [1.29, 1.82) is 0 Å². The lowest BCUT2D eigenvalue weighted by Gasteiger charge is -2.12. The van der Waals surface area contributed by atoms with Crippen LogP contribution in [0.1, 0.15) is 16.8 Å². The van der Waals surface area contributed by atoms with Crippen molar-refractivity contribution in [2.75, 3.05) is 26.1 Å². The van der Waals surface area contributed by atoms with E-state index in [-0.39, 0.29) is 24.8 Å². The highest BCUT2D eigenvalue weighted by Crippen LogP contribution is 2.28. The van der Waals surface area contributed by atoms with E-state index in [4.69, 9.17) is 9.47 Å². The molecule has 0 aliphatic heterocycles. The molecule has 0 atom stereocenters. The first kappa shape index (κ1) is 17.3. The third kappa shape index (κ3) is 4.74. The Kier molecular flexibility index (Phi) is 6.19. The molecular formula is C18H20N2O4. The second-order valence-electron chi connectivity index (χ2n) is 4.99. The van der Waals surface area contributed by atoms with Gasteiger partial charge >= 0.3 is 0 Å². The fourth-order valence-corrected chi connectivity index (χ4v) is 2.11. The Morgan fingerprint density at radius 3 is 2.42 bits per heavy atom. The van der Waals surface area contributed by atoms with Gasteiger partial charge in [-0.15, -0.1) is 0 Å². The van der Waals surface area contributed by atoms with Crippen LogP contribution in [0.5, 0.6) is 11.5 Å². The van der Waals surface area contributed by atoms with Crippen LogP contribution in [0.3, 0.4) is 0 Å². The zero-order valence-electron chi connectivity index (χ0n) is 13.7. The second-order valence-corrected chi connectivity index (χ2v) is 4.99. The quantitative estimate of drug-likeness (QED) is 0.818. The summed E-state index contributed by atoms with van der Waals surface area (Å²) in [7, 11) is 3.07. The van der Waals surface area contributed by atoms with E-state index in [0.717, 1.165) is 0 Å². The number of amides is 2. The number of anilines is 1. The molecule has 24 heavy (non-hydrogen) atoms. The predicted octanol–water partition coefficient (Wildman–Crippen LogP) is 2.46. The molecule has 2 aromatic rings. The van der Waals surface area contributed by atoms with Crippen molar-refractivity contribution in [1.82, 2.24) is 5.32 Å². The molecule has 0 aromatic heterocycles. The summed E-state index contributed by atoms with van der Waals surface area (Å²) < 4.78 is 10.3. The molecular weight excluding hydrogens is 308 g/mol. The minimum atomic E-state index is -0.227. The number of carbonyl (C=O) groups excluding carboxylic acids is 2. The van der Waals surface area contributed by atoms with E-state index in [0.29, 0.717) is 22.7 Å². The summed E-state index contributed by atoms with van der Waals surface area (Å²) in [5.41, 5.74) is 1.09. The van der Waals surface area contributed by atoms with Gasteiger partial charge in [0, 0.05) is 24.6 Å². The van der Waals surface area contributed by atoms with Gasteiger partial charge in [0.25, 0.3) is 5.91 Å². The maximum Gasteiger partial charge on any atom is 0.251 e. The summed E-state index contributed by atoms with van der Waals surface area (Å²) in [5, 5.41) is 5.47. The molecule has 6 nitrogen and oxygen atoms in total. The van der Waals surface area contributed by atoms with E-state index in [1.54, 1.807) is 49.6 Å². The molecule has 6 heteroatoms. The molecule has 0 aliphatic carbocycles. The molecule has 0 bridgehead atoms. The highest BCUT2D eigenvalue weighted by molar-refractivity contribution is 5.95. The van der Waals surface area contributed by atoms with Crippen LogP contribution in [0, 0.1) is 0 Å². The van der Waals surface area contributed by atoms with Crippen molar-refractivity contribution in [2.45, 2.75) is 6.42 Å². The van der Waals surface area contributed by atoms with E-state index in [9.17, 15) is 9.59 Å². The number of hydrogen-bond donors (Lipinski definition) is 2. The summed E-state index contributed by atoms with van der Waals surface area (Å²) >= 11 is 0. The Hall–Kier alpha value is -3.02. The van der Waals surface area contributed by atoms with Crippen LogP contribution in [-0.2, 0) is 4.79 Å². The highest BCUT2D eigenvalue weighted by Gasteiger charge is 2.10. The Balaban J connectivity index is 1.86. The van der Waals surface area contributed by atoms with Crippen LogP contribution in [0.4, 0.5) is 5.69 Å². The summed E-state index contributed by atoms with van der Waals surface area (Å²) in [4.78, 5) is 23.9. The molecule has 0 unspecified atom stereocenters. The number of carbonyl (C=O) groups is 2. The van der Waals surface area contributed by atoms with E-state index in [1.807, 2.05) is 6.07 Å². The fourth-order valence-electron chi connectivity index (χ4n) is 2.11. The van der Waals surface area contributed by atoms with Gasteiger partial charge < -0.3 is 20.1 Å². The monoisotopic (exact) mass is 328 g/mol. The Morgan fingerprint density at radius 2 is 1.75 bits per heavy atom. The summed E-state index contributed by atoms with van der Waals surface area (Å²) in [6, 6.07) is 14.0. The van der Waals surface area contributed by atoms with Crippen molar-refractivity contribution in [2.24, 2.45) is 0 Å². The Bertz CT molecular complexity index is 701. The minimum Gasteiger partial charge on any atom is -0.497 e. The maximum absolute atomic E-state index is 12.0. The molecule has 2 rings (SSSR count). The number of ether oxygens (including phenoxy) is 2. The van der Waals surface area contributed by atoms with Crippen LogP contribution in [0.15, 0.2) is 48.5 Å². The Morgan fingerprint density at radius 1 is 1.00 bits per heavy atom. The van der Waals surface area contributed by atoms with Crippen LogP contribution >= 0.6 is 0 Å². The topological polar surface area (TPSA) is 76.7 Å². The lowest BCUT2D eigenvalue weighted by Crippen LogP contribution is -2.27. The Labute approximate surface area is 140 Å². The van der Waals surface area contributed by atoms with Crippen LogP contribution in [-0.4, -0.2) is 32.6 Å². The average molecular weight is 328 g/mol. The number of hydrogen-bond acceptors (Lipinski definition) is 4. The first-order valence-corrected chi connectivity index (χ1v) is 7.49. The fraction of sp³-hybridized carbons (Fsp3) is 0.222. The third-order valence-electron chi connectivity index (χ3n) is 3.35. The molecule has 0 saturated heterocycles. The normalized spacial score (nSPS) is 9.92. The van der Waals surface area contributed by atoms with E-state index >= 15 is 0 Å². The van der Waals surface area contributed by atoms with Gasteiger partial charge in [0.1, 0.15) is 11.5 Å². The molecule has 0 fully saturated rings. The van der Waals surface area contributed by atoms with Crippen molar-refractivity contribution in [3.05, 3.63) is 54.1 Å². The van der Waals surface area contributed by atoms with E-state index in [2.05, 4.69) is 10.6 Å². The highest BCUT2D eigenvalue weighted by atomic mass is 16.5. The zero-order valence-corrected chi connectivity index (χ0v) is 13.7. The molecule has 0 saturated carbocycles. The predicted molar refractivity (Wildman–Crippen MR) is 91.6 cm³/mol. The lowest BCUT2D eigenvalue weighted by atomic mass is 10.2. The lowest BCUT2D eigenvalue weighted by molar-refractivity contribution is -0.116. The first-order chi connectivity index (χ1) is 11.6. The molecule has 2 amide bonds. The number of benzene rings is 2. The van der Waals surface area contributed by atoms with E-state index < -0.39 is 0 Å². The summed E-state index contributed by atoms with van der Waals surface area (Å²) in [6.07, 6.45) is 0.152.